The van der Waals surface area contributed by atoms with Gasteiger partial charge in [-0.15, -0.1) is 0 Å². The predicted octanol–water partition coefficient (Wildman–Crippen LogP) is 2.10. The van der Waals surface area contributed by atoms with Crippen molar-refractivity contribution in [1.82, 2.24) is 9.80 Å². The summed E-state index contributed by atoms with van der Waals surface area (Å²) in [5, 5.41) is 0. The van der Waals surface area contributed by atoms with Crippen LogP contribution in [0.3, 0.4) is 0 Å². The molecular formula is C15H25N3. The van der Waals surface area contributed by atoms with Crippen molar-refractivity contribution in [3.63, 3.8) is 0 Å². The molecule has 1 aromatic carbocycles. The molecule has 2 rings (SSSR count). The number of anilines is 1. The summed E-state index contributed by atoms with van der Waals surface area (Å²) in [6, 6.07) is 6.20. The van der Waals surface area contributed by atoms with Gasteiger partial charge in [0.25, 0.3) is 0 Å². The molecule has 0 aromatic heterocycles. The van der Waals surface area contributed by atoms with Crippen LogP contribution >= 0.6 is 0 Å². The first-order chi connectivity index (χ1) is 8.66. The first-order valence-corrected chi connectivity index (χ1v) is 6.91. The number of likely N-dealkylation sites (tertiary alicyclic amines) is 1. The quantitative estimate of drug-likeness (QED) is 0.809. The van der Waals surface area contributed by atoms with E-state index in [1.807, 2.05) is 12.1 Å². The second-order valence-electron chi connectivity index (χ2n) is 5.42. The number of rotatable bonds is 5. The number of likely N-dealkylation sites (N-methyl/N-ethyl adjacent to an activating group) is 1. The standard InChI is InChI=1S/C15H25N3/c1-13-14(6-5-7-15(13)16)12-17(2)10-11-18-8-3-4-9-18/h5-7H,3-4,8-12,16H2,1-2H3. The number of hydrogen-bond donors (Lipinski definition) is 1. The van der Waals surface area contributed by atoms with E-state index in [0.29, 0.717) is 0 Å². The highest BCUT2D eigenvalue weighted by Crippen LogP contribution is 2.17. The summed E-state index contributed by atoms with van der Waals surface area (Å²) < 4.78 is 0. The molecule has 100 valence electrons. The lowest BCUT2D eigenvalue weighted by Gasteiger charge is -2.22. The van der Waals surface area contributed by atoms with Gasteiger partial charge in [-0.2, -0.15) is 0 Å². The molecule has 0 amide bonds. The first-order valence-electron chi connectivity index (χ1n) is 6.91. The average Bonchev–Trinajstić information content (AvgIpc) is 2.86. The van der Waals surface area contributed by atoms with Gasteiger partial charge >= 0.3 is 0 Å². The van der Waals surface area contributed by atoms with Crippen molar-refractivity contribution in [3.8, 4) is 0 Å². The lowest BCUT2D eigenvalue weighted by molar-refractivity contribution is 0.252. The number of hydrogen-bond acceptors (Lipinski definition) is 3. The Bertz CT molecular complexity index is 383. The minimum atomic E-state index is 0.903. The fourth-order valence-electron chi connectivity index (χ4n) is 2.56. The van der Waals surface area contributed by atoms with E-state index in [1.54, 1.807) is 0 Å². The molecule has 0 atom stereocenters. The van der Waals surface area contributed by atoms with E-state index in [0.717, 1.165) is 18.8 Å². The zero-order chi connectivity index (χ0) is 13.0. The fourth-order valence-corrected chi connectivity index (χ4v) is 2.56. The normalized spacial score (nSPS) is 16.6. The molecule has 0 radical (unpaired) electrons. The summed E-state index contributed by atoms with van der Waals surface area (Å²) >= 11 is 0. The number of benzene rings is 1. The van der Waals surface area contributed by atoms with E-state index < -0.39 is 0 Å². The fraction of sp³-hybridized carbons (Fsp3) is 0.600. The molecule has 1 aliphatic heterocycles. The van der Waals surface area contributed by atoms with E-state index in [1.165, 1.54) is 43.6 Å². The second-order valence-corrected chi connectivity index (χ2v) is 5.42. The maximum atomic E-state index is 5.94. The second kappa shape index (κ2) is 6.21. The summed E-state index contributed by atoms with van der Waals surface area (Å²) in [6.07, 6.45) is 2.75. The van der Waals surface area contributed by atoms with Gasteiger partial charge in [0.05, 0.1) is 0 Å². The lowest BCUT2D eigenvalue weighted by Crippen LogP contribution is -2.31. The highest BCUT2D eigenvalue weighted by atomic mass is 15.2. The maximum Gasteiger partial charge on any atom is 0.0346 e. The van der Waals surface area contributed by atoms with Gasteiger partial charge in [-0.1, -0.05) is 12.1 Å². The van der Waals surface area contributed by atoms with Gasteiger partial charge in [0.2, 0.25) is 0 Å². The Balaban J connectivity index is 1.82. The van der Waals surface area contributed by atoms with Crippen LogP contribution in [0.5, 0.6) is 0 Å². The van der Waals surface area contributed by atoms with Crippen molar-refractivity contribution in [2.24, 2.45) is 0 Å². The minimum Gasteiger partial charge on any atom is -0.399 e. The van der Waals surface area contributed by atoms with Crippen LogP contribution in [0.4, 0.5) is 5.69 Å². The number of nitrogens with zero attached hydrogens (tertiary/aromatic N) is 2. The molecule has 0 aliphatic carbocycles. The van der Waals surface area contributed by atoms with Crippen LogP contribution < -0.4 is 5.73 Å². The molecule has 0 bridgehead atoms. The van der Waals surface area contributed by atoms with Crippen molar-refractivity contribution in [3.05, 3.63) is 29.3 Å². The average molecular weight is 247 g/mol. The highest BCUT2D eigenvalue weighted by molar-refractivity contribution is 5.49. The molecule has 0 saturated carbocycles. The van der Waals surface area contributed by atoms with Crippen LogP contribution in [0.1, 0.15) is 24.0 Å². The van der Waals surface area contributed by atoms with Gasteiger partial charge in [0, 0.05) is 25.3 Å². The topological polar surface area (TPSA) is 32.5 Å². The Labute approximate surface area is 111 Å². The summed E-state index contributed by atoms with van der Waals surface area (Å²) in [4.78, 5) is 4.95. The molecule has 1 aliphatic rings. The highest BCUT2D eigenvalue weighted by Gasteiger charge is 2.12. The maximum absolute atomic E-state index is 5.94. The third-order valence-electron chi connectivity index (χ3n) is 3.92. The van der Waals surface area contributed by atoms with Crippen LogP contribution in [0.15, 0.2) is 18.2 Å². The van der Waals surface area contributed by atoms with Gasteiger partial charge in [0.1, 0.15) is 0 Å². The molecule has 1 aromatic rings. The van der Waals surface area contributed by atoms with E-state index in [9.17, 15) is 0 Å². The molecule has 0 spiro atoms. The Morgan fingerprint density at radius 2 is 2.00 bits per heavy atom. The van der Waals surface area contributed by atoms with Gasteiger partial charge in [-0.3, -0.25) is 0 Å². The Morgan fingerprint density at radius 3 is 2.72 bits per heavy atom. The monoisotopic (exact) mass is 247 g/mol. The van der Waals surface area contributed by atoms with Gasteiger partial charge < -0.3 is 15.5 Å². The third-order valence-corrected chi connectivity index (χ3v) is 3.92. The summed E-state index contributed by atoms with van der Waals surface area (Å²) in [7, 11) is 2.19. The third kappa shape index (κ3) is 3.47. The predicted molar refractivity (Wildman–Crippen MR) is 77.6 cm³/mol. The van der Waals surface area contributed by atoms with Crippen molar-refractivity contribution < 1.29 is 0 Å². The van der Waals surface area contributed by atoms with Gasteiger partial charge in [-0.25, -0.2) is 0 Å². The Morgan fingerprint density at radius 1 is 1.28 bits per heavy atom. The van der Waals surface area contributed by atoms with Crippen LogP contribution in [0, 0.1) is 6.92 Å². The zero-order valence-electron chi connectivity index (χ0n) is 11.7. The molecule has 1 saturated heterocycles. The van der Waals surface area contributed by atoms with Crippen molar-refractivity contribution in [1.29, 1.82) is 0 Å². The van der Waals surface area contributed by atoms with Crippen molar-refractivity contribution in [2.75, 3.05) is 39.0 Å². The first kappa shape index (κ1) is 13.4. The molecule has 0 unspecified atom stereocenters. The van der Waals surface area contributed by atoms with E-state index in [2.05, 4.69) is 29.8 Å². The minimum absolute atomic E-state index is 0.903. The number of nitrogens with two attached hydrogens (primary N) is 1. The molecule has 2 N–H and O–H groups in total. The number of nitrogen functional groups attached to an aromatic ring is 1. The van der Waals surface area contributed by atoms with Crippen LogP contribution in [0.25, 0.3) is 0 Å². The summed E-state index contributed by atoms with van der Waals surface area (Å²) in [5.41, 5.74) is 9.42. The smallest absolute Gasteiger partial charge is 0.0346 e. The van der Waals surface area contributed by atoms with Crippen LogP contribution in [0.2, 0.25) is 0 Å². The molecule has 18 heavy (non-hydrogen) atoms. The lowest BCUT2D eigenvalue weighted by atomic mass is 10.1. The van der Waals surface area contributed by atoms with E-state index >= 15 is 0 Å². The van der Waals surface area contributed by atoms with Crippen LogP contribution in [-0.4, -0.2) is 43.0 Å². The largest absolute Gasteiger partial charge is 0.399 e. The van der Waals surface area contributed by atoms with E-state index in [-0.39, 0.29) is 0 Å². The molecule has 3 heteroatoms. The zero-order valence-corrected chi connectivity index (χ0v) is 11.7. The summed E-state index contributed by atoms with van der Waals surface area (Å²) in [6.45, 7) is 7.99. The molecular weight excluding hydrogens is 222 g/mol. The Kier molecular flexibility index (Phi) is 4.61. The van der Waals surface area contributed by atoms with Crippen molar-refractivity contribution in [2.45, 2.75) is 26.3 Å². The summed E-state index contributed by atoms with van der Waals surface area (Å²) in [5.74, 6) is 0. The Hall–Kier alpha value is -1.06. The van der Waals surface area contributed by atoms with Crippen LogP contribution in [-0.2, 0) is 6.54 Å². The molecule has 1 heterocycles. The van der Waals surface area contributed by atoms with E-state index in [4.69, 9.17) is 5.73 Å². The molecule has 1 fully saturated rings. The van der Waals surface area contributed by atoms with Crippen molar-refractivity contribution >= 4 is 5.69 Å². The molecule has 3 nitrogen and oxygen atoms in total. The van der Waals surface area contributed by atoms with Gasteiger partial charge in [-0.05, 0) is 57.1 Å². The van der Waals surface area contributed by atoms with Gasteiger partial charge in [0.15, 0.2) is 0 Å². The SMILES string of the molecule is Cc1c(N)cccc1CN(C)CCN1CCCC1.